The number of nitrogens with zero attached hydrogens (tertiary/aromatic N) is 3. The van der Waals surface area contributed by atoms with Crippen molar-refractivity contribution < 1.29 is 102 Å². The molecule has 0 atom stereocenters. The monoisotopic (exact) mass is 549 g/mol. The second-order valence-corrected chi connectivity index (χ2v) is 6.16. The van der Waals surface area contributed by atoms with Gasteiger partial charge in [-0.3, -0.25) is 0 Å². The molecule has 0 radical (unpaired) electrons. The van der Waals surface area contributed by atoms with Gasteiger partial charge in [-0.1, -0.05) is 0 Å². The molecule has 3 rings (SSSR count). The molecule has 0 aromatic rings. The second-order valence-electron chi connectivity index (χ2n) is 6.16. The van der Waals surface area contributed by atoms with Crippen LogP contribution in [0.5, 0.6) is 0 Å². The minimum atomic E-state index is 0. The van der Waals surface area contributed by atoms with Gasteiger partial charge in [0.25, 0.3) is 0 Å². The van der Waals surface area contributed by atoms with Crippen molar-refractivity contribution >= 4 is 0 Å². The molecule has 12 heteroatoms. The molecule has 3 heterocycles. The van der Waals surface area contributed by atoms with Crippen LogP contribution < -0.4 is 53.2 Å². The summed E-state index contributed by atoms with van der Waals surface area (Å²) in [6.45, 7) is 14.2. The maximum Gasteiger partial charge on any atom is 2.00 e. The van der Waals surface area contributed by atoms with Crippen LogP contribution in [0.4, 0.5) is 0 Å². The average Bonchev–Trinajstić information content (AvgIpc) is 2.51. The quantitative estimate of drug-likeness (QED) is 0.261. The summed E-state index contributed by atoms with van der Waals surface area (Å²) >= 11 is 0. The van der Waals surface area contributed by atoms with Crippen molar-refractivity contribution in [3.05, 3.63) is 0 Å². The molecule has 3 saturated heterocycles. The number of piperazine rings is 3. The normalized spacial score (nSPS) is 19.7. The SMILES string of the molecule is CN1CCNCC1.CN1CCNCC1.CN1CCNCC1.[Cl-].[Cl-].[Cl-].[Ti+2].[Ti+2].[Ti+2]. The van der Waals surface area contributed by atoms with E-state index < -0.39 is 0 Å². The van der Waals surface area contributed by atoms with E-state index in [1.54, 1.807) is 0 Å². The van der Waals surface area contributed by atoms with Crippen LogP contribution in [0, 0.1) is 0 Å². The summed E-state index contributed by atoms with van der Waals surface area (Å²) < 4.78 is 0. The molecule has 3 aliphatic rings. The topological polar surface area (TPSA) is 45.8 Å². The second kappa shape index (κ2) is 31.0. The predicted molar refractivity (Wildman–Crippen MR) is 91.1 cm³/mol. The Hall–Kier alpha value is 2.77. The van der Waals surface area contributed by atoms with Gasteiger partial charge in [0.05, 0.1) is 0 Å². The molecule has 6 nitrogen and oxygen atoms in total. The summed E-state index contributed by atoms with van der Waals surface area (Å²) in [6, 6.07) is 0. The van der Waals surface area contributed by atoms with Gasteiger partial charge < -0.3 is 67.9 Å². The van der Waals surface area contributed by atoms with Gasteiger partial charge in [-0.2, -0.15) is 0 Å². The first kappa shape index (κ1) is 43.6. The zero-order valence-corrected chi connectivity index (χ0v) is 23.9. The molecular formula is C15H36Cl3N6Ti3+3. The van der Waals surface area contributed by atoms with Gasteiger partial charge in [-0.15, -0.1) is 0 Å². The van der Waals surface area contributed by atoms with Crippen LogP contribution in [0.1, 0.15) is 0 Å². The van der Waals surface area contributed by atoms with E-state index in [0.29, 0.717) is 0 Å². The van der Waals surface area contributed by atoms with Crippen LogP contribution in [-0.4, -0.2) is 114 Å². The van der Waals surface area contributed by atoms with E-state index in [4.69, 9.17) is 0 Å². The van der Waals surface area contributed by atoms with E-state index in [2.05, 4.69) is 51.8 Å². The third kappa shape index (κ3) is 28.8. The van der Waals surface area contributed by atoms with Gasteiger partial charge in [0.15, 0.2) is 0 Å². The predicted octanol–water partition coefficient (Wildman–Crippen LogP) is -10.4. The summed E-state index contributed by atoms with van der Waals surface area (Å²) in [5.41, 5.74) is 0. The minimum Gasteiger partial charge on any atom is -1.00 e. The Morgan fingerprint density at radius 3 is 0.630 bits per heavy atom. The first-order valence-electron chi connectivity index (χ1n) is 8.36. The smallest absolute Gasteiger partial charge is 1.00 e. The van der Waals surface area contributed by atoms with Gasteiger partial charge in [-0.25, -0.2) is 0 Å². The fraction of sp³-hybridized carbons (Fsp3) is 1.00. The molecule has 3 aliphatic heterocycles. The molecule has 0 bridgehead atoms. The Bertz CT molecular complexity index is 209. The van der Waals surface area contributed by atoms with Gasteiger partial charge in [0.2, 0.25) is 0 Å². The summed E-state index contributed by atoms with van der Waals surface area (Å²) in [5.74, 6) is 0. The van der Waals surface area contributed by atoms with Crippen LogP contribution in [0.2, 0.25) is 0 Å². The maximum absolute atomic E-state index is 3.27. The molecule has 27 heavy (non-hydrogen) atoms. The summed E-state index contributed by atoms with van der Waals surface area (Å²) in [7, 11) is 6.46. The third-order valence-electron chi connectivity index (χ3n) is 4.02. The number of hydrogen-bond acceptors (Lipinski definition) is 6. The van der Waals surface area contributed by atoms with E-state index >= 15 is 0 Å². The van der Waals surface area contributed by atoms with E-state index in [1.165, 1.54) is 39.3 Å². The van der Waals surface area contributed by atoms with Crippen LogP contribution in [0.3, 0.4) is 0 Å². The van der Waals surface area contributed by atoms with Crippen LogP contribution in [-0.2, 0) is 65.2 Å². The van der Waals surface area contributed by atoms with Crippen molar-refractivity contribution in [3.8, 4) is 0 Å². The Morgan fingerprint density at radius 1 is 0.407 bits per heavy atom. The van der Waals surface area contributed by atoms with E-state index in [1.807, 2.05) is 0 Å². The van der Waals surface area contributed by atoms with Crippen LogP contribution in [0.25, 0.3) is 0 Å². The largest absolute Gasteiger partial charge is 2.00 e. The molecule has 0 amide bonds. The van der Waals surface area contributed by atoms with Gasteiger partial charge in [0, 0.05) is 78.5 Å². The minimum absolute atomic E-state index is 0. The first-order chi connectivity index (χ1) is 10.2. The van der Waals surface area contributed by atoms with Gasteiger partial charge in [-0.05, 0) is 21.1 Å². The van der Waals surface area contributed by atoms with E-state index in [0.717, 1.165) is 39.3 Å². The molecular weight excluding hydrogens is 514 g/mol. The molecule has 0 unspecified atom stereocenters. The summed E-state index contributed by atoms with van der Waals surface area (Å²) in [6.07, 6.45) is 0. The Balaban J connectivity index is -0.0000000551. The van der Waals surface area contributed by atoms with Gasteiger partial charge in [0.1, 0.15) is 0 Å². The van der Waals surface area contributed by atoms with Crippen molar-refractivity contribution in [2.24, 2.45) is 0 Å². The molecule has 3 N–H and O–H groups in total. The van der Waals surface area contributed by atoms with Crippen molar-refractivity contribution in [1.82, 2.24) is 30.7 Å². The Labute approximate surface area is 230 Å². The average molecular weight is 550 g/mol. The standard InChI is InChI=1S/3C5H12N2.3ClH.3Ti/c3*1-7-4-2-6-3-5-7;;;;;;/h3*6H,2-5H2,1H3;3*1H;;;/q;;;;;;3*+2/p-3. The molecule has 0 saturated carbocycles. The Kier molecular flexibility index (Phi) is 50.0. The number of nitrogens with one attached hydrogen (secondary N) is 3. The molecule has 0 aromatic carbocycles. The van der Waals surface area contributed by atoms with Crippen molar-refractivity contribution in [2.45, 2.75) is 0 Å². The molecule has 0 spiro atoms. The first-order valence-corrected chi connectivity index (χ1v) is 8.36. The third-order valence-corrected chi connectivity index (χ3v) is 4.02. The van der Waals surface area contributed by atoms with Crippen molar-refractivity contribution in [2.75, 3.05) is 99.7 Å². The van der Waals surface area contributed by atoms with Crippen molar-refractivity contribution in [3.63, 3.8) is 0 Å². The zero-order valence-electron chi connectivity index (χ0n) is 17.0. The van der Waals surface area contributed by atoms with Crippen LogP contribution >= 0.6 is 0 Å². The molecule has 3 fully saturated rings. The van der Waals surface area contributed by atoms with E-state index in [9.17, 15) is 0 Å². The zero-order chi connectivity index (χ0) is 15.3. The number of halogens is 3. The maximum atomic E-state index is 3.27. The fourth-order valence-corrected chi connectivity index (χ4v) is 2.33. The summed E-state index contributed by atoms with van der Waals surface area (Å²) in [5, 5.41) is 9.82. The molecule has 156 valence electrons. The molecule has 0 aromatic heterocycles. The fourth-order valence-electron chi connectivity index (χ4n) is 2.33. The van der Waals surface area contributed by atoms with E-state index in [-0.39, 0.29) is 102 Å². The number of likely N-dealkylation sites (N-methyl/N-ethyl adjacent to an activating group) is 3. The molecule has 0 aliphatic carbocycles. The van der Waals surface area contributed by atoms with Gasteiger partial charge >= 0.3 is 65.2 Å². The van der Waals surface area contributed by atoms with Crippen LogP contribution in [0.15, 0.2) is 0 Å². The number of rotatable bonds is 0. The number of hydrogen-bond donors (Lipinski definition) is 3. The summed E-state index contributed by atoms with van der Waals surface area (Å²) in [4.78, 5) is 6.99. The Morgan fingerprint density at radius 2 is 0.556 bits per heavy atom. The van der Waals surface area contributed by atoms with Crippen molar-refractivity contribution in [1.29, 1.82) is 0 Å².